The van der Waals surface area contributed by atoms with Crippen molar-refractivity contribution in [2.45, 2.75) is 0 Å². The number of H-pyrrole nitrogens is 1. The molecule has 1 N–H and O–H groups in total. The second kappa shape index (κ2) is 5.89. The van der Waals surface area contributed by atoms with E-state index in [1.165, 1.54) is 15.3 Å². The van der Waals surface area contributed by atoms with E-state index in [0.29, 0.717) is 0 Å². The fraction of sp³-hybridized carbons (Fsp3) is 0.0556. The Morgan fingerprint density at radius 1 is 0.870 bits per heavy atom. The second-order valence-corrected chi connectivity index (χ2v) is 8.11. The number of thiophene rings is 1. The fourth-order valence-corrected chi connectivity index (χ4v) is 4.81. The molecule has 0 atom stereocenters. The van der Waals surface area contributed by atoms with Crippen LogP contribution in [0, 0.1) is 0 Å². The van der Waals surface area contributed by atoms with Gasteiger partial charge in [-0.25, -0.2) is 9.55 Å². The Morgan fingerprint density at radius 2 is 1.57 bits per heavy atom. The zero-order valence-electron chi connectivity index (χ0n) is 12.3. The number of aryl methyl sites for hydroxylation is 1. The van der Waals surface area contributed by atoms with Crippen LogP contribution in [0.2, 0.25) is 0 Å². The number of hydrogen-bond donors (Lipinski definition) is 1. The first-order valence-electron chi connectivity index (χ1n) is 7.16. The van der Waals surface area contributed by atoms with Crippen molar-refractivity contribution in [2.75, 3.05) is 0 Å². The van der Waals surface area contributed by atoms with Crippen LogP contribution in [0.5, 0.6) is 0 Å². The molecular weight excluding hydrogens is 436 g/mol. The van der Waals surface area contributed by atoms with Crippen LogP contribution in [-0.4, -0.2) is 4.98 Å². The molecule has 0 bridgehead atoms. The summed E-state index contributed by atoms with van der Waals surface area (Å²) in [6.07, 6.45) is 0. The topological polar surface area (TPSA) is 19.7 Å². The first kappa shape index (κ1) is 15.1. The van der Waals surface area contributed by atoms with E-state index in [1.807, 2.05) is 6.07 Å². The maximum Gasteiger partial charge on any atom is 0.297 e. The van der Waals surface area contributed by atoms with Crippen LogP contribution >= 0.6 is 43.2 Å². The lowest BCUT2D eigenvalue weighted by molar-refractivity contribution is -0.633. The van der Waals surface area contributed by atoms with Crippen LogP contribution in [0.3, 0.4) is 0 Å². The highest BCUT2D eigenvalue weighted by molar-refractivity contribution is 9.11. The standard InChI is InChI=1S/C18H12Br2N2S/c1-22-17-13(20)8-7-12(19)16(17)21-18(22)15-10-9-14(23-15)11-5-3-2-4-6-11/h2-10H,1H3/p+1. The van der Waals surface area contributed by atoms with Gasteiger partial charge in [0.05, 0.1) is 16.0 Å². The maximum absolute atomic E-state index is 3.65. The molecule has 0 amide bonds. The fourth-order valence-electron chi connectivity index (χ4n) is 2.75. The van der Waals surface area contributed by atoms with Gasteiger partial charge in [0.25, 0.3) is 5.82 Å². The Morgan fingerprint density at radius 3 is 2.30 bits per heavy atom. The van der Waals surface area contributed by atoms with Gasteiger partial charge in [-0.15, -0.1) is 11.3 Å². The lowest BCUT2D eigenvalue weighted by Gasteiger charge is -1.95. The van der Waals surface area contributed by atoms with Crippen LogP contribution < -0.4 is 4.57 Å². The minimum absolute atomic E-state index is 1.07. The molecule has 114 valence electrons. The van der Waals surface area contributed by atoms with Crippen molar-refractivity contribution in [1.29, 1.82) is 0 Å². The van der Waals surface area contributed by atoms with Gasteiger partial charge in [-0.1, -0.05) is 30.3 Å². The molecule has 0 aliphatic carbocycles. The summed E-state index contributed by atoms with van der Waals surface area (Å²) in [5.41, 5.74) is 3.51. The molecule has 0 unspecified atom stereocenters. The van der Waals surface area contributed by atoms with Crippen molar-refractivity contribution in [3.8, 4) is 21.1 Å². The van der Waals surface area contributed by atoms with Gasteiger partial charge in [0, 0.05) is 4.88 Å². The first-order chi connectivity index (χ1) is 11.1. The van der Waals surface area contributed by atoms with Crippen molar-refractivity contribution < 1.29 is 4.57 Å². The molecule has 0 aliphatic rings. The van der Waals surface area contributed by atoms with E-state index >= 15 is 0 Å². The molecule has 0 fully saturated rings. The predicted octanol–water partition coefficient (Wildman–Crippen LogP) is 5.91. The number of nitrogens with one attached hydrogen (secondary N) is 1. The van der Waals surface area contributed by atoms with Crippen LogP contribution in [0.4, 0.5) is 0 Å². The Balaban J connectivity index is 1.88. The predicted molar refractivity (Wildman–Crippen MR) is 104 cm³/mol. The molecule has 23 heavy (non-hydrogen) atoms. The van der Waals surface area contributed by atoms with Crippen molar-refractivity contribution in [2.24, 2.45) is 7.05 Å². The van der Waals surface area contributed by atoms with E-state index < -0.39 is 0 Å². The van der Waals surface area contributed by atoms with E-state index in [1.54, 1.807) is 11.3 Å². The Bertz CT molecular complexity index is 1000. The number of nitrogens with zero attached hydrogens (tertiary/aromatic N) is 1. The van der Waals surface area contributed by atoms with E-state index in [9.17, 15) is 0 Å². The maximum atomic E-state index is 3.65. The van der Waals surface area contributed by atoms with Crippen LogP contribution in [0.1, 0.15) is 0 Å². The quantitative estimate of drug-likeness (QED) is 0.367. The number of halogens is 2. The van der Waals surface area contributed by atoms with Crippen LogP contribution in [0.25, 0.3) is 32.2 Å². The number of imidazole rings is 1. The van der Waals surface area contributed by atoms with Gasteiger partial charge in [-0.2, -0.15) is 0 Å². The van der Waals surface area contributed by atoms with Crippen LogP contribution in [0.15, 0.2) is 63.5 Å². The summed E-state index contributed by atoms with van der Waals surface area (Å²) in [6.45, 7) is 0. The molecular formula is C18H13Br2N2S+. The SMILES string of the molecule is C[n+]1c(-c2ccc(-c3ccccc3)s2)[nH]c2c(Br)ccc(Br)c21. The molecule has 2 nitrogen and oxygen atoms in total. The Kier molecular flexibility index (Phi) is 3.87. The monoisotopic (exact) mass is 447 g/mol. The normalized spacial score (nSPS) is 11.3. The number of benzene rings is 2. The van der Waals surface area contributed by atoms with Crippen LogP contribution in [-0.2, 0) is 7.05 Å². The molecule has 4 rings (SSSR count). The minimum atomic E-state index is 1.07. The third kappa shape index (κ3) is 2.57. The lowest BCUT2D eigenvalue weighted by atomic mass is 10.2. The van der Waals surface area contributed by atoms with Crippen molar-refractivity contribution in [3.05, 3.63) is 63.5 Å². The summed E-state index contributed by atoms with van der Waals surface area (Å²) in [4.78, 5) is 6.05. The summed E-state index contributed by atoms with van der Waals surface area (Å²) >= 11 is 9.08. The van der Waals surface area contributed by atoms with Gasteiger partial charge in [-0.05, 0) is 61.7 Å². The number of rotatable bonds is 2. The van der Waals surface area contributed by atoms with E-state index in [-0.39, 0.29) is 0 Å². The third-order valence-corrected chi connectivity index (χ3v) is 6.33. The number of aromatic nitrogens is 2. The highest BCUT2D eigenvalue weighted by atomic mass is 79.9. The third-order valence-electron chi connectivity index (χ3n) is 3.89. The molecule has 0 radical (unpaired) electrons. The van der Waals surface area contributed by atoms with E-state index in [2.05, 4.69) is 97.0 Å². The molecule has 2 aromatic carbocycles. The van der Waals surface area contributed by atoms with Gasteiger partial charge < -0.3 is 0 Å². The summed E-state index contributed by atoms with van der Waals surface area (Å²) in [6, 6.07) is 19.0. The summed E-state index contributed by atoms with van der Waals surface area (Å²) in [5.74, 6) is 1.11. The van der Waals surface area contributed by atoms with Crippen molar-refractivity contribution in [1.82, 2.24) is 4.98 Å². The molecule has 0 aliphatic heterocycles. The molecule has 2 heterocycles. The highest BCUT2D eigenvalue weighted by Crippen LogP contribution is 2.35. The Hall–Kier alpha value is -1.43. The molecule has 5 heteroatoms. The van der Waals surface area contributed by atoms with Gasteiger partial charge >= 0.3 is 0 Å². The molecule has 2 aromatic heterocycles. The average molecular weight is 449 g/mol. The minimum Gasteiger partial charge on any atom is -0.235 e. The largest absolute Gasteiger partial charge is 0.297 e. The average Bonchev–Trinajstić information content (AvgIpc) is 3.17. The smallest absolute Gasteiger partial charge is 0.235 e. The van der Waals surface area contributed by atoms with E-state index in [4.69, 9.17) is 0 Å². The van der Waals surface area contributed by atoms with Gasteiger partial charge in [0.15, 0.2) is 11.0 Å². The molecule has 4 aromatic rings. The summed E-state index contributed by atoms with van der Waals surface area (Å²) in [5, 5.41) is 0. The summed E-state index contributed by atoms with van der Waals surface area (Å²) < 4.78 is 4.35. The zero-order chi connectivity index (χ0) is 16.0. The lowest BCUT2D eigenvalue weighted by Crippen LogP contribution is -2.29. The molecule has 0 saturated heterocycles. The zero-order valence-corrected chi connectivity index (χ0v) is 16.3. The number of hydrogen-bond acceptors (Lipinski definition) is 1. The van der Waals surface area contributed by atoms with Gasteiger partial charge in [-0.3, -0.25) is 0 Å². The highest BCUT2D eigenvalue weighted by Gasteiger charge is 2.22. The molecule has 0 spiro atoms. The van der Waals surface area contributed by atoms with Crippen molar-refractivity contribution >= 4 is 54.2 Å². The first-order valence-corrected chi connectivity index (χ1v) is 9.57. The number of fused-ring (bicyclic) bond motifs is 1. The second-order valence-electron chi connectivity index (χ2n) is 5.32. The number of aromatic amines is 1. The van der Waals surface area contributed by atoms with Crippen molar-refractivity contribution in [3.63, 3.8) is 0 Å². The Labute approximate surface area is 155 Å². The van der Waals surface area contributed by atoms with Gasteiger partial charge in [0.1, 0.15) is 4.88 Å². The van der Waals surface area contributed by atoms with E-state index in [0.717, 1.165) is 25.8 Å². The van der Waals surface area contributed by atoms with Gasteiger partial charge in [0.2, 0.25) is 0 Å². The molecule has 0 saturated carbocycles. The summed E-state index contributed by atoms with van der Waals surface area (Å²) in [7, 11) is 2.09.